The molecule has 4 aliphatic rings. The molecule has 0 aliphatic carbocycles. The number of fused-ring (bicyclic) bond motifs is 2. The SMILES string of the molecule is CC1B2C([Si](C)(C)C3B4C(C)C(C)C(C)C(C)N4C(C)C3C)C(C)C(C)N2C(C)C(C)C1C. The van der Waals surface area contributed by atoms with Crippen LogP contribution in [0.15, 0.2) is 0 Å². The molecular formula is C28H56B2N2Si. The second-order valence-corrected chi connectivity index (χ2v) is 19.6. The van der Waals surface area contributed by atoms with Gasteiger partial charge in [0.1, 0.15) is 0 Å². The van der Waals surface area contributed by atoms with Crippen LogP contribution in [0.25, 0.3) is 0 Å². The van der Waals surface area contributed by atoms with E-state index >= 15 is 0 Å². The number of hydrogen-bond donors (Lipinski definition) is 0. The lowest BCUT2D eigenvalue weighted by atomic mass is 9.41. The summed E-state index contributed by atoms with van der Waals surface area (Å²) in [6.45, 7) is 38.3. The zero-order valence-electron chi connectivity index (χ0n) is 24.6. The van der Waals surface area contributed by atoms with Gasteiger partial charge in [0, 0.05) is 8.07 Å². The van der Waals surface area contributed by atoms with Crippen molar-refractivity contribution in [2.24, 2.45) is 35.5 Å². The van der Waals surface area contributed by atoms with Gasteiger partial charge in [-0.15, -0.1) is 0 Å². The summed E-state index contributed by atoms with van der Waals surface area (Å²) >= 11 is 0. The van der Waals surface area contributed by atoms with Gasteiger partial charge >= 0.3 is 0 Å². The summed E-state index contributed by atoms with van der Waals surface area (Å²) in [5, 5.41) is 0. The molecule has 0 aromatic heterocycles. The Bertz CT molecular complexity index is 675. The molecule has 2 nitrogen and oxygen atoms in total. The van der Waals surface area contributed by atoms with Crippen LogP contribution in [0.3, 0.4) is 0 Å². The third kappa shape index (κ3) is 3.47. The Labute approximate surface area is 209 Å². The van der Waals surface area contributed by atoms with Crippen molar-refractivity contribution in [3.63, 3.8) is 0 Å². The smallest absolute Gasteiger partial charge is 0.227 e. The van der Waals surface area contributed by atoms with Gasteiger partial charge in [-0.1, -0.05) is 96.2 Å². The van der Waals surface area contributed by atoms with Crippen molar-refractivity contribution in [3.05, 3.63) is 0 Å². The summed E-state index contributed by atoms with van der Waals surface area (Å²) in [5.74, 6) is 6.54. The summed E-state index contributed by atoms with van der Waals surface area (Å²) in [6, 6.07) is 2.90. The molecule has 4 aliphatic heterocycles. The van der Waals surface area contributed by atoms with E-state index in [2.05, 4.69) is 106 Å². The molecule has 4 heterocycles. The van der Waals surface area contributed by atoms with Gasteiger partial charge in [0.25, 0.3) is 0 Å². The van der Waals surface area contributed by atoms with Crippen LogP contribution in [-0.2, 0) is 0 Å². The predicted molar refractivity (Wildman–Crippen MR) is 152 cm³/mol. The molecule has 4 fully saturated rings. The molecule has 0 N–H and O–H groups in total. The molecule has 188 valence electrons. The topological polar surface area (TPSA) is 6.48 Å². The first-order valence-electron chi connectivity index (χ1n) is 14.7. The first-order chi connectivity index (χ1) is 15.2. The largest absolute Gasteiger partial charge is 0.336 e. The number of rotatable bonds is 2. The molecule has 0 bridgehead atoms. The third-order valence-electron chi connectivity index (χ3n) is 13.6. The van der Waals surface area contributed by atoms with Gasteiger partial charge in [0.05, 0.1) is 0 Å². The van der Waals surface area contributed by atoms with E-state index in [-0.39, 0.29) is 0 Å². The van der Waals surface area contributed by atoms with Crippen LogP contribution in [0.4, 0.5) is 0 Å². The quantitative estimate of drug-likeness (QED) is 0.391. The third-order valence-corrected chi connectivity index (χ3v) is 18.8. The van der Waals surface area contributed by atoms with Crippen molar-refractivity contribution in [2.45, 2.75) is 143 Å². The van der Waals surface area contributed by atoms with Gasteiger partial charge in [-0.2, -0.15) is 0 Å². The average molecular weight is 470 g/mol. The molecule has 33 heavy (non-hydrogen) atoms. The van der Waals surface area contributed by atoms with E-state index in [0.717, 1.165) is 95.9 Å². The van der Waals surface area contributed by atoms with Crippen molar-refractivity contribution in [3.8, 4) is 0 Å². The van der Waals surface area contributed by atoms with E-state index in [9.17, 15) is 0 Å². The predicted octanol–water partition coefficient (Wildman–Crippen LogP) is 7.31. The summed E-state index contributed by atoms with van der Waals surface area (Å²) in [5.41, 5.74) is 1.83. The minimum Gasteiger partial charge on any atom is -0.336 e. The fraction of sp³-hybridized carbons (Fsp3) is 1.00. The zero-order chi connectivity index (χ0) is 24.9. The van der Waals surface area contributed by atoms with Crippen molar-refractivity contribution in [1.82, 2.24) is 9.62 Å². The van der Waals surface area contributed by atoms with Gasteiger partial charge < -0.3 is 9.62 Å². The molecule has 0 aromatic rings. The average Bonchev–Trinajstić information content (AvgIpc) is 3.19. The summed E-state index contributed by atoms with van der Waals surface area (Å²) in [4.78, 5) is 6.08. The summed E-state index contributed by atoms with van der Waals surface area (Å²) in [6.07, 6.45) is 0. The maximum atomic E-state index is 3.04. The Morgan fingerprint density at radius 2 is 0.697 bits per heavy atom. The second kappa shape index (κ2) is 8.68. The lowest BCUT2D eigenvalue weighted by molar-refractivity contribution is 0.143. The molecule has 5 heteroatoms. The van der Waals surface area contributed by atoms with Crippen molar-refractivity contribution >= 4 is 21.8 Å². The van der Waals surface area contributed by atoms with E-state index in [1.807, 2.05) is 0 Å². The molecule has 4 saturated heterocycles. The van der Waals surface area contributed by atoms with Crippen LogP contribution >= 0.6 is 0 Å². The monoisotopic (exact) mass is 470 g/mol. The van der Waals surface area contributed by atoms with E-state index in [1.54, 1.807) is 0 Å². The lowest BCUT2D eigenvalue weighted by Gasteiger charge is -2.53. The Kier molecular flexibility index (Phi) is 6.93. The van der Waals surface area contributed by atoms with Crippen LogP contribution in [0.2, 0.25) is 35.6 Å². The number of nitrogens with zero attached hydrogens (tertiary/aromatic N) is 2. The standard InChI is InChI=1S/C28H56B2N2Si/c1-15-17(3)23(9)31-25(11)19(5)27(29(31)21(15)7)33(13,14)28-20(6)26(12)32-24(10)18(4)16(2)22(8)30(28)32/h15-28H,1-14H3. The summed E-state index contributed by atoms with van der Waals surface area (Å²) < 4.78 is 0. The lowest BCUT2D eigenvalue weighted by Crippen LogP contribution is -2.62. The van der Waals surface area contributed by atoms with Crippen molar-refractivity contribution in [2.75, 3.05) is 0 Å². The van der Waals surface area contributed by atoms with Crippen LogP contribution in [0.5, 0.6) is 0 Å². The highest BCUT2D eigenvalue weighted by Crippen LogP contribution is 2.61. The zero-order valence-corrected chi connectivity index (χ0v) is 25.6. The molecule has 0 spiro atoms. The first kappa shape index (κ1) is 26.3. The molecule has 4 rings (SSSR count). The Hall–Kier alpha value is 0.267. The Morgan fingerprint density at radius 1 is 0.424 bits per heavy atom. The number of hydrogen-bond acceptors (Lipinski definition) is 2. The minimum atomic E-state index is -1.59. The molecule has 0 saturated carbocycles. The van der Waals surface area contributed by atoms with Gasteiger partial charge in [-0.25, -0.2) is 0 Å². The molecule has 0 aromatic carbocycles. The van der Waals surface area contributed by atoms with Gasteiger partial charge in [0.2, 0.25) is 13.7 Å². The van der Waals surface area contributed by atoms with E-state index in [0.29, 0.717) is 0 Å². The molecule has 14 unspecified atom stereocenters. The highest BCUT2D eigenvalue weighted by Gasteiger charge is 2.67. The van der Waals surface area contributed by atoms with Crippen molar-refractivity contribution < 1.29 is 0 Å². The normalized spacial score (nSPS) is 54.0. The Morgan fingerprint density at radius 3 is 1.00 bits per heavy atom. The first-order valence-corrected chi connectivity index (χ1v) is 17.9. The van der Waals surface area contributed by atoms with Crippen molar-refractivity contribution in [1.29, 1.82) is 0 Å². The van der Waals surface area contributed by atoms with Crippen LogP contribution in [-0.4, -0.2) is 55.6 Å². The highest BCUT2D eigenvalue weighted by molar-refractivity contribution is 6.98. The van der Waals surface area contributed by atoms with Gasteiger partial charge in [0.15, 0.2) is 0 Å². The fourth-order valence-electron chi connectivity index (χ4n) is 10.6. The van der Waals surface area contributed by atoms with Gasteiger partial charge in [-0.3, -0.25) is 0 Å². The second-order valence-electron chi connectivity index (χ2n) is 14.6. The van der Waals surface area contributed by atoms with E-state index < -0.39 is 8.07 Å². The fourth-order valence-corrected chi connectivity index (χ4v) is 17.0. The Balaban J connectivity index is 1.77. The van der Waals surface area contributed by atoms with E-state index in [4.69, 9.17) is 0 Å². The maximum Gasteiger partial charge on any atom is 0.227 e. The molecular weight excluding hydrogens is 414 g/mol. The van der Waals surface area contributed by atoms with Gasteiger partial charge in [-0.05, 0) is 82.2 Å². The van der Waals surface area contributed by atoms with E-state index in [1.165, 1.54) is 0 Å². The maximum absolute atomic E-state index is 3.04. The van der Waals surface area contributed by atoms with Crippen LogP contribution < -0.4 is 0 Å². The summed E-state index contributed by atoms with van der Waals surface area (Å²) in [7, 11) is -1.59. The van der Waals surface area contributed by atoms with Crippen LogP contribution in [0.1, 0.15) is 83.1 Å². The molecule has 14 atom stereocenters. The highest BCUT2D eigenvalue weighted by atomic mass is 28.3. The van der Waals surface area contributed by atoms with Crippen LogP contribution in [0, 0.1) is 35.5 Å². The molecule has 0 radical (unpaired) electrons. The minimum absolute atomic E-state index is 0.722. The molecule has 0 amide bonds.